The van der Waals surface area contributed by atoms with Crippen molar-refractivity contribution >= 4 is 0 Å². The molecule has 1 aliphatic rings. The predicted octanol–water partition coefficient (Wildman–Crippen LogP) is 1.30. The van der Waals surface area contributed by atoms with Crippen molar-refractivity contribution in [3.63, 3.8) is 0 Å². The zero-order chi connectivity index (χ0) is 12.5. The maximum absolute atomic E-state index is 10.8. The number of aromatic nitrogens is 2. The van der Waals surface area contributed by atoms with Gasteiger partial charge in [-0.3, -0.25) is 4.68 Å². The van der Waals surface area contributed by atoms with Crippen molar-refractivity contribution in [1.29, 1.82) is 0 Å². The third-order valence-corrected chi connectivity index (χ3v) is 3.39. The highest BCUT2D eigenvalue weighted by atomic mass is 16.5. The van der Waals surface area contributed by atoms with Crippen molar-refractivity contribution in [1.82, 2.24) is 9.78 Å². The van der Waals surface area contributed by atoms with Crippen LogP contribution in [0.4, 0.5) is 0 Å². The lowest BCUT2D eigenvalue weighted by atomic mass is 9.92. The lowest BCUT2D eigenvalue weighted by Gasteiger charge is -2.27. The van der Waals surface area contributed by atoms with E-state index in [1.807, 2.05) is 11.6 Å². The van der Waals surface area contributed by atoms with E-state index < -0.39 is 5.60 Å². The van der Waals surface area contributed by atoms with Crippen molar-refractivity contribution < 1.29 is 14.6 Å². The van der Waals surface area contributed by atoms with Crippen molar-refractivity contribution in [2.24, 2.45) is 0 Å². The molecule has 0 spiro atoms. The zero-order valence-electron chi connectivity index (χ0n) is 10.6. The van der Waals surface area contributed by atoms with Crippen LogP contribution in [0.3, 0.4) is 0 Å². The minimum Gasteiger partial charge on any atom is -0.493 e. The maximum Gasteiger partial charge on any atom is 0.163 e. The number of aliphatic hydroxyl groups is 1. The van der Waals surface area contributed by atoms with Crippen LogP contribution in [0.1, 0.15) is 32.4 Å². The zero-order valence-corrected chi connectivity index (χ0v) is 10.6. The lowest BCUT2D eigenvalue weighted by molar-refractivity contribution is -0.0392. The first kappa shape index (κ1) is 12.4. The van der Waals surface area contributed by atoms with E-state index in [1.54, 1.807) is 13.3 Å². The molecule has 96 valence electrons. The Morgan fingerprint density at radius 3 is 3.00 bits per heavy atom. The number of nitrogens with zero attached hydrogens (tertiary/aromatic N) is 2. The fourth-order valence-electron chi connectivity index (χ4n) is 2.38. The van der Waals surface area contributed by atoms with Gasteiger partial charge < -0.3 is 14.6 Å². The summed E-state index contributed by atoms with van der Waals surface area (Å²) in [6.07, 6.45) is 2.97. The second-order valence-corrected chi connectivity index (χ2v) is 4.47. The van der Waals surface area contributed by atoms with E-state index in [0.717, 1.165) is 18.7 Å². The topological polar surface area (TPSA) is 56.5 Å². The second-order valence-electron chi connectivity index (χ2n) is 4.47. The molecule has 1 aromatic heterocycles. The summed E-state index contributed by atoms with van der Waals surface area (Å²) in [5.74, 6) is 0.637. The third-order valence-electron chi connectivity index (χ3n) is 3.39. The van der Waals surface area contributed by atoms with Crippen molar-refractivity contribution in [3.05, 3.63) is 11.9 Å². The lowest BCUT2D eigenvalue weighted by Crippen LogP contribution is -2.36. The summed E-state index contributed by atoms with van der Waals surface area (Å²) in [4.78, 5) is 0. The number of rotatable bonds is 4. The van der Waals surface area contributed by atoms with E-state index in [9.17, 15) is 5.11 Å². The van der Waals surface area contributed by atoms with Crippen LogP contribution < -0.4 is 4.74 Å². The van der Waals surface area contributed by atoms with Gasteiger partial charge in [0.25, 0.3) is 0 Å². The third kappa shape index (κ3) is 1.93. The van der Waals surface area contributed by atoms with E-state index in [1.165, 1.54) is 0 Å². The average Bonchev–Trinajstić information content (AvgIpc) is 2.85. The molecule has 0 saturated carbocycles. The summed E-state index contributed by atoms with van der Waals surface area (Å²) < 4.78 is 12.6. The fraction of sp³-hybridized carbons (Fsp3) is 0.750. The van der Waals surface area contributed by atoms with Crippen LogP contribution in [0.15, 0.2) is 6.20 Å². The Morgan fingerprint density at radius 2 is 2.47 bits per heavy atom. The normalized spacial score (nSPS) is 28.6. The van der Waals surface area contributed by atoms with Crippen LogP contribution in [0, 0.1) is 0 Å². The summed E-state index contributed by atoms with van der Waals surface area (Å²) in [6, 6.07) is 0. The van der Waals surface area contributed by atoms with Crippen molar-refractivity contribution in [3.8, 4) is 5.75 Å². The standard InChI is InChI=1S/C12H20N2O3/c1-4-6-14-11(10(16-3)8-13-14)12(15)5-7-17-9(12)2/h8-9,15H,4-7H2,1-3H3. The first-order valence-corrected chi connectivity index (χ1v) is 6.07. The first-order chi connectivity index (χ1) is 8.13. The molecule has 0 amide bonds. The quantitative estimate of drug-likeness (QED) is 0.861. The van der Waals surface area contributed by atoms with Crippen LogP contribution in [0.5, 0.6) is 5.75 Å². The van der Waals surface area contributed by atoms with E-state index in [2.05, 4.69) is 12.0 Å². The summed E-state index contributed by atoms with van der Waals surface area (Å²) in [7, 11) is 1.60. The molecule has 0 aliphatic carbocycles. The van der Waals surface area contributed by atoms with Gasteiger partial charge in [0, 0.05) is 13.0 Å². The molecule has 5 nitrogen and oxygen atoms in total. The SMILES string of the molecule is CCCn1ncc(OC)c1C1(O)CCOC1C. The van der Waals surface area contributed by atoms with Gasteiger partial charge in [0.1, 0.15) is 11.3 Å². The molecular weight excluding hydrogens is 220 g/mol. The van der Waals surface area contributed by atoms with Gasteiger partial charge in [-0.1, -0.05) is 6.92 Å². The van der Waals surface area contributed by atoms with Crippen LogP contribution in [0.2, 0.25) is 0 Å². The minimum atomic E-state index is -0.989. The van der Waals surface area contributed by atoms with E-state index in [4.69, 9.17) is 9.47 Å². The Bertz CT molecular complexity index is 391. The van der Waals surface area contributed by atoms with E-state index in [0.29, 0.717) is 18.8 Å². The maximum atomic E-state index is 10.8. The molecule has 2 atom stereocenters. The molecule has 2 heterocycles. The van der Waals surface area contributed by atoms with Gasteiger partial charge in [0.05, 0.1) is 26.0 Å². The molecule has 0 aromatic carbocycles. The van der Waals surface area contributed by atoms with Gasteiger partial charge in [-0.05, 0) is 13.3 Å². The Labute approximate surface area is 101 Å². The number of hydrogen-bond donors (Lipinski definition) is 1. The number of hydrogen-bond acceptors (Lipinski definition) is 4. The Balaban J connectivity index is 2.44. The molecule has 5 heteroatoms. The van der Waals surface area contributed by atoms with Crippen LogP contribution in [-0.2, 0) is 16.9 Å². The van der Waals surface area contributed by atoms with Crippen LogP contribution in [0.25, 0.3) is 0 Å². The highest BCUT2D eigenvalue weighted by Crippen LogP contribution is 2.40. The van der Waals surface area contributed by atoms with Gasteiger partial charge in [0.15, 0.2) is 5.75 Å². The molecule has 0 radical (unpaired) electrons. The molecular formula is C12H20N2O3. The molecule has 1 aromatic rings. The van der Waals surface area contributed by atoms with Crippen molar-refractivity contribution in [2.45, 2.75) is 44.9 Å². The molecule has 1 fully saturated rings. The largest absolute Gasteiger partial charge is 0.493 e. The molecule has 1 saturated heterocycles. The highest BCUT2D eigenvalue weighted by Gasteiger charge is 2.45. The van der Waals surface area contributed by atoms with Crippen molar-refractivity contribution in [2.75, 3.05) is 13.7 Å². The Morgan fingerprint density at radius 1 is 1.71 bits per heavy atom. The molecule has 1 aliphatic heterocycles. The van der Waals surface area contributed by atoms with Gasteiger partial charge >= 0.3 is 0 Å². The van der Waals surface area contributed by atoms with Gasteiger partial charge in [-0.25, -0.2) is 0 Å². The van der Waals surface area contributed by atoms with Gasteiger partial charge in [-0.2, -0.15) is 5.10 Å². The van der Waals surface area contributed by atoms with E-state index >= 15 is 0 Å². The van der Waals surface area contributed by atoms with E-state index in [-0.39, 0.29) is 6.10 Å². The van der Waals surface area contributed by atoms with Crippen LogP contribution >= 0.6 is 0 Å². The minimum absolute atomic E-state index is 0.233. The number of methoxy groups -OCH3 is 1. The highest BCUT2D eigenvalue weighted by molar-refractivity contribution is 5.32. The van der Waals surface area contributed by atoms with Crippen LogP contribution in [-0.4, -0.2) is 34.7 Å². The molecule has 0 bridgehead atoms. The summed E-state index contributed by atoms with van der Waals surface area (Å²) >= 11 is 0. The predicted molar refractivity (Wildman–Crippen MR) is 63.0 cm³/mol. The average molecular weight is 240 g/mol. The van der Waals surface area contributed by atoms with Gasteiger partial charge in [-0.15, -0.1) is 0 Å². The summed E-state index contributed by atoms with van der Waals surface area (Å²) in [5, 5.41) is 15.1. The Hall–Kier alpha value is -1.07. The number of ether oxygens (including phenoxy) is 2. The fourth-order valence-corrected chi connectivity index (χ4v) is 2.38. The second kappa shape index (κ2) is 4.66. The molecule has 2 unspecified atom stereocenters. The monoisotopic (exact) mass is 240 g/mol. The van der Waals surface area contributed by atoms with Gasteiger partial charge in [0.2, 0.25) is 0 Å². The first-order valence-electron chi connectivity index (χ1n) is 6.07. The number of aryl methyl sites for hydroxylation is 1. The molecule has 2 rings (SSSR count). The smallest absolute Gasteiger partial charge is 0.163 e. The summed E-state index contributed by atoms with van der Waals surface area (Å²) in [6.45, 7) is 5.30. The molecule has 17 heavy (non-hydrogen) atoms. The summed E-state index contributed by atoms with van der Waals surface area (Å²) in [5.41, 5.74) is -0.247. The Kier molecular flexibility index (Phi) is 3.40. The molecule has 1 N–H and O–H groups in total.